The predicted octanol–water partition coefficient (Wildman–Crippen LogP) is 3.24. The minimum absolute atomic E-state index is 0.587. The highest BCUT2D eigenvalue weighted by atomic mass is 32.1. The number of hydrogen-bond donors (Lipinski definition) is 1. The van der Waals surface area contributed by atoms with Gasteiger partial charge in [-0.15, -0.1) is 0 Å². The van der Waals surface area contributed by atoms with Gasteiger partial charge >= 0.3 is 0 Å². The first kappa shape index (κ1) is 11.6. The van der Waals surface area contributed by atoms with Crippen molar-refractivity contribution in [3.05, 3.63) is 45.3 Å². The maximum absolute atomic E-state index is 8.99. The summed E-state index contributed by atoms with van der Waals surface area (Å²) in [5.41, 5.74) is 4.02. The molecule has 0 amide bonds. The van der Waals surface area contributed by atoms with Crippen molar-refractivity contribution < 1.29 is 0 Å². The molecule has 3 nitrogen and oxygen atoms in total. The lowest BCUT2D eigenvalue weighted by molar-refractivity contribution is 1.08. The molecule has 0 saturated heterocycles. The standard InChI is InChI=1S/C13H13N3S/c1-9-7-17-8-12(9)6-15-13-11(5-14)4-3-10(2)16-13/h3-4,7-8H,6H2,1-2H3,(H,15,16). The first-order valence-electron chi connectivity index (χ1n) is 5.34. The molecule has 0 bridgehead atoms. The highest BCUT2D eigenvalue weighted by Gasteiger charge is 2.05. The maximum atomic E-state index is 8.99. The number of aryl methyl sites for hydroxylation is 2. The molecule has 0 aliphatic rings. The van der Waals surface area contributed by atoms with E-state index in [0.29, 0.717) is 17.9 Å². The third-order valence-corrected chi connectivity index (χ3v) is 3.47. The Balaban J connectivity index is 2.17. The summed E-state index contributed by atoms with van der Waals surface area (Å²) in [6, 6.07) is 5.79. The highest BCUT2D eigenvalue weighted by Crippen LogP contribution is 2.17. The van der Waals surface area contributed by atoms with Crippen LogP contribution in [-0.2, 0) is 6.54 Å². The molecule has 0 atom stereocenters. The van der Waals surface area contributed by atoms with Crippen LogP contribution in [0.5, 0.6) is 0 Å². The molecule has 0 aromatic carbocycles. The number of rotatable bonds is 3. The number of pyridine rings is 1. The molecule has 4 heteroatoms. The van der Waals surface area contributed by atoms with Crippen LogP contribution >= 0.6 is 11.3 Å². The van der Waals surface area contributed by atoms with Gasteiger partial charge in [-0.3, -0.25) is 0 Å². The van der Waals surface area contributed by atoms with Crippen LogP contribution in [0.4, 0.5) is 5.82 Å². The molecule has 0 radical (unpaired) electrons. The Labute approximate surface area is 105 Å². The molecule has 0 aliphatic heterocycles. The van der Waals surface area contributed by atoms with E-state index < -0.39 is 0 Å². The zero-order chi connectivity index (χ0) is 12.3. The van der Waals surface area contributed by atoms with Crippen LogP contribution in [0.15, 0.2) is 22.9 Å². The number of nitrogens with zero attached hydrogens (tertiary/aromatic N) is 2. The van der Waals surface area contributed by atoms with Gasteiger partial charge in [0.2, 0.25) is 0 Å². The summed E-state index contributed by atoms with van der Waals surface area (Å²) >= 11 is 1.69. The monoisotopic (exact) mass is 243 g/mol. The maximum Gasteiger partial charge on any atom is 0.144 e. The molecule has 2 aromatic rings. The first-order chi connectivity index (χ1) is 8.20. The number of anilines is 1. The molecular formula is C13H13N3S. The fourth-order valence-corrected chi connectivity index (χ4v) is 2.39. The van der Waals surface area contributed by atoms with E-state index in [9.17, 15) is 0 Å². The molecule has 1 N–H and O–H groups in total. The second-order valence-corrected chi connectivity index (χ2v) is 4.64. The summed E-state index contributed by atoms with van der Waals surface area (Å²) in [5, 5.41) is 16.4. The van der Waals surface area contributed by atoms with Crippen molar-refractivity contribution in [3.63, 3.8) is 0 Å². The quantitative estimate of drug-likeness (QED) is 0.900. The number of nitrogens with one attached hydrogen (secondary N) is 1. The van der Waals surface area contributed by atoms with E-state index in [-0.39, 0.29) is 0 Å². The average molecular weight is 243 g/mol. The van der Waals surface area contributed by atoms with Crippen molar-refractivity contribution in [1.82, 2.24) is 4.98 Å². The zero-order valence-corrected chi connectivity index (χ0v) is 10.6. The van der Waals surface area contributed by atoms with Crippen LogP contribution in [0, 0.1) is 25.2 Å². The van der Waals surface area contributed by atoms with Gasteiger partial charge in [0, 0.05) is 12.2 Å². The summed E-state index contributed by atoms with van der Waals surface area (Å²) < 4.78 is 0. The SMILES string of the molecule is Cc1ccc(C#N)c(NCc2cscc2C)n1. The molecule has 2 heterocycles. The van der Waals surface area contributed by atoms with Crippen LogP contribution in [0.2, 0.25) is 0 Å². The normalized spacial score (nSPS) is 9.94. The van der Waals surface area contributed by atoms with Crippen LogP contribution in [0.25, 0.3) is 0 Å². The minimum atomic E-state index is 0.587. The van der Waals surface area contributed by atoms with Gasteiger partial charge in [-0.2, -0.15) is 16.6 Å². The van der Waals surface area contributed by atoms with Gasteiger partial charge < -0.3 is 5.32 Å². The van der Waals surface area contributed by atoms with E-state index >= 15 is 0 Å². The molecule has 0 spiro atoms. The van der Waals surface area contributed by atoms with Crippen molar-refractivity contribution in [2.24, 2.45) is 0 Å². The average Bonchev–Trinajstić information content (AvgIpc) is 2.72. The van der Waals surface area contributed by atoms with Crippen LogP contribution in [-0.4, -0.2) is 4.98 Å². The lowest BCUT2D eigenvalue weighted by Gasteiger charge is -2.07. The van der Waals surface area contributed by atoms with Crippen molar-refractivity contribution in [2.45, 2.75) is 20.4 Å². The zero-order valence-electron chi connectivity index (χ0n) is 9.82. The Kier molecular flexibility index (Phi) is 3.40. The molecule has 2 rings (SSSR count). The summed E-state index contributed by atoms with van der Waals surface area (Å²) in [7, 11) is 0. The summed E-state index contributed by atoms with van der Waals surface area (Å²) in [5.74, 6) is 0.665. The third-order valence-electron chi connectivity index (χ3n) is 2.56. The summed E-state index contributed by atoms with van der Waals surface area (Å²) in [6.07, 6.45) is 0. The minimum Gasteiger partial charge on any atom is -0.365 e. The Bertz CT molecular complexity index is 566. The summed E-state index contributed by atoms with van der Waals surface area (Å²) in [6.45, 7) is 4.71. The van der Waals surface area contributed by atoms with Crippen LogP contribution < -0.4 is 5.32 Å². The molecule has 17 heavy (non-hydrogen) atoms. The van der Waals surface area contributed by atoms with Gasteiger partial charge in [0.1, 0.15) is 11.9 Å². The van der Waals surface area contributed by atoms with E-state index in [2.05, 4.69) is 34.1 Å². The smallest absolute Gasteiger partial charge is 0.144 e. The van der Waals surface area contributed by atoms with Gasteiger partial charge in [0.05, 0.1) is 5.56 Å². The number of aromatic nitrogens is 1. The molecule has 86 valence electrons. The molecule has 0 aliphatic carbocycles. The molecule has 0 saturated carbocycles. The second-order valence-electron chi connectivity index (χ2n) is 3.89. The van der Waals surface area contributed by atoms with E-state index in [0.717, 1.165) is 5.69 Å². The van der Waals surface area contributed by atoms with Gasteiger partial charge in [0.15, 0.2) is 0 Å². The molecular weight excluding hydrogens is 230 g/mol. The van der Waals surface area contributed by atoms with Crippen LogP contribution in [0.3, 0.4) is 0 Å². The highest BCUT2D eigenvalue weighted by molar-refractivity contribution is 7.08. The largest absolute Gasteiger partial charge is 0.365 e. The molecule has 0 unspecified atom stereocenters. The molecule has 0 fully saturated rings. The van der Waals surface area contributed by atoms with Gasteiger partial charge in [-0.25, -0.2) is 4.98 Å². The number of nitriles is 1. The van der Waals surface area contributed by atoms with Crippen molar-refractivity contribution in [2.75, 3.05) is 5.32 Å². The van der Waals surface area contributed by atoms with Crippen LogP contribution in [0.1, 0.15) is 22.4 Å². The fourth-order valence-electron chi connectivity index (χ4n) is 1.53. The number of thiophene rings is 1. The lowest BCUT2D eigenvalue weighted by Crippen LogP contribution is -2.04. The first-order valence-corrected chi connectivity index (χ1v) is 6.28. The molecule has 2 aromatic heterocycles. The Morgan fingerprint density at radius 3 is 2.82 bits per heavy atom. The van der Waals surface area contributed by atoms with Gasteiger partial charge in [-0.05, 0) is 47.9 Å². The Hall–Kier alpha value is -1.86. The van der Waals surface area contributed by atoms with Crippen molar-refractivity contribution in [1.29, 1.82) is 5.26 Å². The fraction of sp³-hybridized carbons (Fsp3) is 0.231. The Morgan fingerprint density at radius 1 is 1.35 bits per heavy atom. The second kappa shape index (κ2) is 4.98. The lowest BCUT2D eigenvalue weighted by atomic mass is 10.2. The third kappa shape index (κ3) is 2.63. The van der Waals surface area contributed by atoms with E-state index in [1.165, 1.54) is 11.1 Å². The van der Waals surface area contributed by atoms with Gasteiger partial charge in [0.25, 0.3) is 0 Å². The van der Waals surface area contributed by atoms with Gasteiger partial charge in [-0.1, -0.05) is 0 Å². The van der Waals surface area contributed by atoms with E-state index in [4.69, 9.17) is 5.26 Å². The van der Waals surface area contributed by atoms with E-state index in [1.807, 2.05) is 13.0 Å². The topological polar surface area (TPSA) is 48.7 Å². The van der Waals surface area contributed by atoms with E-state index in [1.54, 1.807) is 17.4 Å². The Morgan fingerprint density at radius 2 is 2.18 bits per heavy atom. The summed E-state index contributed by atoms with van der Waals surface area (Å²) in [4.78, 5) is 4.34. The van der Waals surface area contributed by atoms with Crippen molar-refractivity contribution >= 4 is 17.2 Å². The number of hydrogen-bond acceptors (Lipinski definition) is 4. The van der Waals surface area contributed by atoms with Crippen molar-refractivity contribution in [3.8, 4) is 6.07 Å². The predicted molar refractivity (Wildman–Crippen MR) is 70.1 cm³/mol.